The number of rotatable bonds is 5. The smallest absolute Gasteiger partial charge is 0.302 e. The zero-order valence-corrected chi connectivity index (χ0v) is 12.1. The van der Waals surface area contributed by atoms with Crippen molar-refractivity contribution in [1.82, 2.24) is 0 Å². The summed E-state index contributed by atoms with van der Waals surface area (Å²) in [6, 6.07) is 0. The molecule has 0 amide bonds. The van der Waals surface area contributed by atoms with Gasteiger partial charge in [-0.05, 0) is 0 Å². The van der Waals surface area contributed by atoms with Gasteiger partial charge < -0.3 is 4.74 Å². The largest absolute Gasteiger partial charge is 0.465 e. The Morgan fingerprint density at radius 1 is 1.14 bits per heavy atom. The SMILES string of the molecule is CC(=O)OCCSc1c(F)c(F)c(S(N)(=O)=O)c(F)c1F. The predicted octanol–water partition coefficient (Wildman–Crippen LogP) is 1.55. The first-order valence-electron chi connectivity index (χ1n) is 5.22. The van der Waals surface area contributed by atoms with Gasteiger partial charge in [-0.25, -0.2) is 31.1 Å². The molecule has 5 nitrogen and oxygen atoms in total. The zero-order valence-electron chi connectivity index (χ0n) is 10.5. The first-order valence-corrected chi connectivity index (χ1v) is 7.75. The maximum absolute atomic E-state index is 13.6. The Hall–Kier alpha value is -1.33. The van der Waals surface area contributed by atoms with Gasteiger partial charge in [0.2, 0.25) is 10.0 Å². The van der Waals surface area contributed by atoms with Crippen LogP contribution in [0.4, 0.5) is 17.6 Å². The molecule has 0 atom stereocenters. The molecule has 11 heteroatoms. The van der Waals surface area contributed by atoms with Gasteiger partial charge in [-0.3, -0.25) is 4.79 Å². The van der Waals surface area contributed by atoms with E-state index in [1.54, 1.807) is 0 Å². The summed E-state index contributed by atoms with van der Waals surface area (Å²) in [7, 11) is -4.97. The lowest BCUT2D eigenvalue weighted by atomic mass is 10.3. The topological polar surface area (TPSA) is 86.5 Å². The first kappa shape index (κ1) is 17.7. The maximum atomic E-state index is 13.6. The van der Waals surface area contributed by atoms with Crippen molar-refractivity contribution >= 4 is 27.8 Å². The highest BCUT2D eigenvalue weighted by molar-refractivity contribution is 7.99. The second kappa shape index (κ2) is 6.62. The standard InChI is InChI=1S/C10H9F4NO4S2/c1-4(16)19-2-3-20-9-5(11)7(13)10(21(15,17)18)8(14)6(9)12/h2-3H2,1H3,(H2,15,17,18). The summed E-state index contributed by atoms with van der Waals surface area (Å²) in [6.45, 7) is 0.852. The van der Waals surface area contributed by atoms with Gasteiger partial charge in [0.1, 0.15) is 6.61 Å². The summed E-state index contributed by atoms with van der Waals surface area (Å²) < 4.78 is 80.5. The number of esters is 1. The number of halogens is 4. The predicted molar refractivity (Wildman–Crippen MR) is 65.0 cm³/mol. The number of thioether (sulfide) groups is 1. The van der Waals surface area contributed by atoms with E-state index in [1.165, 1.54) is 0 Å². The van der Waals surface area contributed by atoms with E-state index >= 15 is 0 Å². The van der Waals surface area contributed by atoms with Crippen molar-refractivity contribution in [2.45, 2.75) is 16.7 Å². The number of carbonyl (C=O) groups excluding carboxylic acids is 1. The van der Waals surface area contributed by atoms with Crippen molar-refractivity contribution < 1.29 is 35.5 Å². The molecule has 0 heterocycles. The highest BCUT2D eigenvalue weighted by atomic mass is 32.2. The zero-order chi connectivity index (χ0) is 16.4. The number of ether oxygens (including phenoxy) is 1. The Morgan fingerprint density at radius 2 is 1.62 bits per heavy atom. The van der Waals surface area contributed by atoms with E-state index < -0.39 is 49.1 Å². The Labute approximate surface area is 121 Å². The number of sulfonamides is 1. The lowest BCUT2D eigenvalue weighted by Gasteiger charge is -2.10. The Balaban J connectivity index is 3.17. The summed E-state index contributed by atoms with van der Waals surface area (Å²) in [5, 5.41) is 4.50. The van der Waals surface area contributed by atoms with Crippen LogP contribution >= 0.6 is 11.8 Å². The van der Waals surface area contributed by atoms with Gasteiger partial charge in [-0.15, -0.1) is 11.8 Å². The average molecular weight is 347 g/mol. The Morgan fingerprint density at radius 3 is 2.00 bits per heavy atom. The molecular formula is C10H9F4NO4S2. The molecular weight excluding hydrogens is 338 g/mol. The summed E-state index contributed by atoms with van der Waals surface area (Å²) in [5.41, 5.74) is 0. The highest BCUT2D eigenvalue weighted by Gasteiger charge is 2.31. The van der Waals surface area contributed by atoms with Crippen molar-refractivity contribution in [2.75, 3.05) is 12.4 Å². The summed E-state index contributed by atoms with van der Waals surface area (Å²) in [6.07, 6.45) is 0. The van der Waals surface area contributed by atoms with Gasteiger partial charge in [-0.1, -0.05) is 0 Å². The van der Waals surface area contributed by atoms with Crippen LogP contribution in [-0.4, -0.2) is 26.7 Å². The molecule has 0 aromatic heterocycles. The van der Waals surface area contributed by atoms with Crippen LogP contribution in [-0.2, 0) is 19.6 Å². The lowest BCUT2D eigenvalue weighted by Crippen LogP contribution is -2.19. The maximum Gasteiger partial charge on any atom is 0.302 e. The van der Waals surface area contributed by atoms with E-state index in [4.69, 9.17) is 0 Å². The molecule has 0 saturated heterocycles. The van der Waals surface area contributed by atoms with Crippen LogP contribution in [0.25, 0.3) is 0 Å². The molecule has 0 fully saturated rings. The first-order chi connectivity index (χ1) is 9.57. The fourth-order valence-corrected chi connectivity index (χ4v) is 2.78. The van der Waals surface area contributed by atoms with Crippen molar-refractivity contribution in [3.63, 3.8) is 0 Å². The fraction of sp³-hybridized carbons (Fsp3) is 0.300. The molecule has 0 saturated carbocycles. The summed E-state index contributed by atoms with van der Waals surface area (Å²) in [5.74, 6) is -8.81. The quantitative estimate of drug-likeness (QED) is 0.287. The van der Waals surface area contributed by atoms with E-state index in [9.17, 15) is 30.8 Å². The van der Waals surface area contributed by atoms with Crippen LogP contribution in [0, 0.1) is 23.3 Å². The fourth-order valence-electron chi connectivity index (χ4n) is 1.30. The minimum absolute atomic E-state index is 0.193. The Bertz CT molecular complexity index is 649. The highest BCUT2D eigenvalue weighted by Crippen LogP contribution is 2.32. The van der Waals surface area contributed by atoms with E-state index in [0.717, 1.165) is 6.92 Å². The van der Waals surface area contributed by atoms with E-state index in [1.807, 2.05) is 0 Å². The molecule has 1 aromatic rings. The molecule has 0 spiro atoms. The molecule has 2 N–H and O–H groups in total. The van der Waals surface area contributed by atoms with Crippen molar-refractivity contribution in [1.29, 1.82) is 0 Å². The van der Waals surface area contributed by atoms with Gasteiger partial charge in [0.25, 0.3) is 0 Å². The van der Waals surface area contributed by atoms with Gasteiger partial charge >= 0.3 is 5.97 Å². The average Bonchev–Trinajstić information content (AvgIpc) is 2.33. The molecule has 0 bridgehead atoms. The second-order valence-corrected chi connectivity index (χ2v) is 6.25. The number of hydrogen-bond donors (Lipinski definition) is 1. The van der Waals surface area contributed by atoms with E-state index in [-0.39, 0.29) is 12.4 Å². The number of hydrogen-bond acceptors (Lipinski definition) is 5. The number of carbonyl (C=O) groups is 1. The Kier molecular flexibility index (Phi) is 5.59. The molecule has 0 radical (unpaired) electrons. The molecule has 118 valence electrons. The number of nitrogens with two attached hydrogens (primary N) is 1. The monoisotopic (exact) mass is 347 g/mol. The minimum atomic E-state index is -4.97. The van der Waals surface area contributed by atoms with Crippen LogP contribution < -0.4 is 5.14 Å². The molecule has 21 heavy (non-hydrogen) atoms. The van der Waals surface area contributed by atoms with Crippen LogP contribution in [0.15, 0.2) is 9.79 Å². The third kappa shape index (κ3) is 4.08. The van der Waals surface area contributed by atoms with E-state index in [2.05, 4.69) is 9.88 Å². The molecule has 1 aromatic carbocycles. The van der Waals surface area contributed by atoms with Crippen LogP contribution in [0.2, 0.25) is 0 Å². The van der Waals surface area contributed by atoms with Crippen LogP contribution in [0.1, 0.15) is 6.92 Å². The molecule has 0 aliphatic heterocycles. The normalized spacial score (nSPS) is 11.5. The molecule has 0 aliphatic rings. The van der Waals surface area contributed by atoms with Crippen molar-refractivity contribution in [3.8, 4) is 0 Å². The number of primary sulfonamides is 1. The summed E-state index contributed by atoms with van der Waals surface area (Å²) >= 11 is 0.320. The third-order valence-electron chi connectivity index (χ3n) is 2.10. The van der Waals surface area contributed by atoms with Gasteiger partial charge in [0.05, 0.1) is 4.90 Å². The van der Waals surface area contributed by atoms with Gasteiger partial charge in [0, 0.05) is 12.7 Å². The molecule has 0 aliphatic carbocycles. The third-order valence-corrected chi connectivity index (χ3v) is 4.05. The van der Waals surface area contributed by atoms with Crippen LogP contribution in [0.5, 0.6) is 0 Å². The summed E-state index contributed by atoms with van der Waals surface area (Å²) in [4.78, 5) is 7.53. The van der Waals surface area contributed by atoms with Gasteiger partial charge in [-0.2, -0.15) is 0 Å². The van der Waals surface area contributed by atoms with Crippen molar-refractivity contribution in [3.05, 3.63) is 23.3 Å². The second-order valence-electron chi connectivity index (χ2n) is 3.65. The molecule has 1 rings (SSSR count). The molecule has 0 unspecified atom stereocenters. The lowest BCUT2D eigenvalue weighted by molar-refractivity contribution is -0.140. The number of benzene rings is 1. The van der Waals surface area contributed by atoms with Crippen molar-refractivity contribution in [2.24, 2.45) is 5.14 Å². The minimum Gasteiger partial charge on any atom is -0.465 e. The van der Waals surface area contributed by atoms with Crippen LogP contribution in [0.3, 0.4) is 0 Å². The van der Waals surface area contributed by atoms with Gasteiger partial charge in [0.15, 0.2) is 28.2 Å². The van der Waals surface area contributed by atoms with E-state index in [0.29, 0.717) is 11.8 Å².